The lowest BCUT2D eigenvalue weighted by molar-refractivity contribution is -0.137. The highest BCUT2D eigenvalue weighted by Crippen LogP contribution is 2.31. The molecule has 0 spiro atoms. The number of benzene rings is 2. The van der Waals surface area contributed by atoms with Gasteiger partial charge in [0.1, 0.15) is 0 Å². The van der Waals surface area contributed by atoms with Crippen LogP contribution in [-0.2, 0) is 17.2 Å². The molecule has 2 atom stereocenters. The summed E-state index contributed by atoms with van der Waals surface area (Å²) in [5, 5.41) is 0. The van der Waals surface area contributed by atoms with Gasteiger partial charge in [-0.25, -0.2) is 8.93 Å². The summed E-state index contributed by atoms with van der Waals surface area (Å²) < 4.78 is 52.9. The molecule has 0 fully saturated rings. The Morgan fingerprint density at radius 2 is 1.56 bits per heavy atom. The van der Waals surface area contributed by atoms with Crippen molar-refractivity contribution in [2.45, 2.75) is 44.7 Å². The zero-order valence-corrected chi connectivity index (χ0v) is 15.5. The van der Waals surface area contributed by atoms with E-state index in [0.29, 0.717) is 5.56 Å². The summed E-state index contributed by atoms with van der Waals surface area (Å²) in [7, 11) is -1.21. The van der Waals surface area contributed by atoms with Gasteiger partial charge >= 0.3 is 6.18 Å². The highest BCUT2D eigenvalue weighted by molar-refractivity contribution is 7.84. The van der Waals surface area contributed by atoms with Crippen LogP contribution in [0.4, 0.5) is 13.2 Å². The first-order valence-electron chi connectivity index (χ1n) is 7.94. The van der Waals surface area contributed by atoms with Gasteiger partial charge in [0.05, 0.1) is 21.3 Å². The molecule has 0 saturated heterocycles. The van der Waals surface area contributed by atoms with Crippen LogP contribution in [0.1, 0.15) is 44.9 Å². The monoisotopic (exact) mass is 369 g/mol. The van der Waals surface area contributed by atoms with Crippen molar-refractivity contribution >= 4 is 11.0 Å². The largest absolute Gasteiger partial charge is 0.416 e. The lowest BCUT2D eigenvalue weighted by Crippen LogP contribution is -2.34. The van der Waals surface area contributed by atoms with Crippen LogP contribution in [-0.4, -0.2) is 8.96 Å². The van der Waals surface area contributed by atoms with Crippen molar-refractivity contribution in [1.82, 2.24) is 4.72 Å². The van der Waals surface area contributed by atoms with Crippen molar-refractivity contribution in [3.8, 4) is 11.1 Å². The fraction of sp³-hybridized carbons (Fsp3) is 0.368. The van der Waals surface area contributed by atoms with E-state index in [0.717, 1.165) is 23.3 Å². The molecule has 0 aliphatic rings. The van der Waals surface area contributed by atoms with Gasteiger partial charge < -0.3 is 0 Å². The molecule has 0 aromatic heterocycles. The zero-order valence-electron chi connectivity index (χ0n) is 14.6. The number of hydrogen-bond donors (Lipinski definition) is 1. The standard InChI is InChI=1S/C19H22F3NOS/c1-13(23-25(24)18(2,3)4)15-6-5-7-16(12-15)14-8-10-17(11-9-14)19(20,21)22/h5-13,23H,1-4H3/t13-,25?/m0/s1. The van der Waals surface area contributed by atoms with Gasteiger partial charge in [-0.1, -0.05) is 30.3 Å². The Balaban J connectivity index is 2.22. The second-order valence-electron chi connectivity index (χ2n) is 6.92. The summed E-state index contributed by atoms with van der Waals surface area (Å²) in [4.78, 5) is 0. The van der Waals surface area contributed by atoms with Crippen molar-refractivity contribution in [2.75, 3.05) is 0 Å². The average molecular weight is 369 g/mol. The first kappa shape index (κ1) is 19.7. The molecule has 1 N–H and O–H groups in total. The predicted octanol–water partition coefficient (Wildman–Crippen LogP) is 5.49. The third-order valence-electron chi connectivity index (χ3n) is 3.77. The Bertz CT molecular complexity index is 748. The Kier molecular flexibility index (Phi) is 5.74. The molecule has 0 radical (unpaired) electrons. The number of nitrogens with one attached hydrogen (secondary N) is 1. The molecule has 0 amide bonds. The van der Waals surface area contributed by atoms with E-state index < -0.39 is 22.7 Å². The molecule has 1 unspecified atom stereocenters. The van der Waals surface area contributed by atoms with Crippen LogP contribution in [0, 0.1) is 0 Å². The lowest BCUT2D eigenvalue weighted by Gasteiger charge is -2.22. The highest BCUT2D eigenvalue weighted by Gasteiger charge is 2.30. The van der Waals surface area contributed by atoms with Crippen molar-refractivity contribution in [2.24, 2.45) is 0 Å². The minimum absolute atomic E-state index is 0.144. The van der Waals surface area contributed by atoms with Crippen LogP contribution in [0.5, 0.6) is 0 Å². The summed E-state index contributed by atoms with van der Waals surface area (Å²) in [6.07, 6.45) is -4.34. The summed E-state index contributed by atoms with van der Waals surface area (Å²) in [5.74, 6) is 0. The van der Waals surface area contributed by atoms with Gasteiger partial charge in [0.25, 0.3) is 0 Å². The van der Waals surface area contributed by atoms with E-state index in [1.807, 2.05) is 52.0 Å². The third kappa shape index (κ3) is 5.16. The number of alkyl halides is 3. The quantitative estimate of drug-likeness (QED) is 0.759. The third-order valence-corrected chi connectivity index (χ3v) is 5.45. The van der Waals surface area contributed by atoms with Crippen molar-refractivity contribution in [3.63, 3.8) is 0 Å². The Morgan fingerprint density at radius 3 is 2.08 bits per heavy atom. The van der Waals surface area contributed by atoms with E-state index in [2.05, 4.69) is 4.72 Å². The van der Waals surface area contributed by atoms with Crippen LogP contribution < -0.4 is 4.72 Å². The molecular formula is C19H22F3NOS. The van der Waals surface area contributed by atoms with E-state index in [4.69, 9.17) is 0 Å². The van der Waals surface area contributed by atoms with Crippen LogP contribution in [0.15, 0.2) is 48.5 Å². The van der Waals surface area contributed by atoms with Crippen molar-refractivity contribution in [3.05, 3.63) is 59.7 Å². The molecule has 0 bridgehead atoms. The van der Waals surface area contributed by atoms with Gasteiger partial charge in [-0.15, -0.1) is 0 Å². The van der Waals surface area contributed by atoms with Crippen LogP contribution in [0.2, 0.25) is 0 Å². The molecule has 0 saturated carbocycles. The van der Waals surface area contributed by atoms with Gasteiger partial charge in [-0.3, -0.25) is 0 Å². The molecule has 0 heterocycles. The van der Waals surface area contributed by atoms with Gasteiger partial charge in [0.2, 0.25) is 0 Å². The molecule has 136 valence electrons. The molecule has 25 heavy (non-hydrogen) atoms. The molecule has 2 aromatic rings. The molecule has 2 nitrogen and oxygen atoms in total. The average Bonchev–Trinajstić information content (AvgIpc) is 2.53. The maximum atomic E-state index is 12.7. The smallest absolute Gasteiger partial charge is 0.242 e. The molecule has 2 aromatic carbocycles. The fourth-order valence-corrected chi connectivity index (χ4v) is 3.06. The van der Waals surface area contributed by atoms with Gasteiger partial charge in [0.15, 0.2) is 0 Å². The topological polar surface area (TPSA) is 29.1 Å². The van der Waals surface area contributed by atoms with E-state index in [-0.39, 0.29) is 10.8 Å². The minimum Gasteiger partial charge on any atom is -0.242 e. The summed E-state index contributed by atoms with van der Waals surface area (Å²) in [6.45, 7) is 7.58. The molecular weight excluding hydrogens is 347 g/mol. The fourth-order valence-electron chi connectivity index (χ4n) is 2.24. The Morgan fingerprint density at radius 1 is 0.960 bits per heavy atom. The Hall–Kier alpha value is -1.66. The van der Waals surface area contributed by atoms with E-state index in [1.165, 1.54) is 12.1 Å². The second-order valence-corrected chi connectivity index (χ2v) is 8.92. The van der Waals surface area contributed by atoms with Crippen molar-refractivity contribution in [1.29, 1.82) is 0 Å². The number of rotatable bonds is 4. The lowest BCUT2D eigenvalue weighted by atomic mass is 9.99. The van der Waals surface area contributed by atoms with Crippen molar-refractivity contribution < 1.29 is 17.4 Å². The summed E-state index contributed by atoms with van der Waals surface area (Å²) >= 11 is 0. The molecule has 6 heteroatoms. The van der Waals surface area contributed by atoms with Crippen LogP contribution in [0.25, 0.3) is 11.1 Å². The first-order valence-corrected chi connectivity index (χ1v) is 9.09. The SMILES string of the molecule is C[C@H](NS(=O)C(C)(C)C)c1cccc(-c2ccc(C(F)(F)F)cc2)c1. The highest BCUT2D eigenvalue weighted by atomic mass is 32.2. The maximum Gasteiger partial charge on any atom is 0.416 e. The Labute approximate surface area is 149 Å². The first-order chi connectivity index (χ1) is 11.5. The van der Waals surface area contributed by atoms with Gasteiger partial charge in [0, 0.05) is 6.04 Å². The normalized spacial score (nSPS) is 15.0. The van der Waals surface area contributed by atoms with Crippen LogP contribution in [0.3, 0.4) is 0 Å². The zero-order chi connectivity index (χ0) is 18.8. The number of halogens is 3. The summed E-state index contributed by atoms with van der Waals surface area (Å²) in [5.41, 5.74) is 1.79. The molecule has 0 aliphatic heterocycles. The van der Waals surface area contributed by atoms with Crippen LogP contribution >= 0.6 is 0 Å². The second kappa shape index (κ2) is 7.30. The van der Waals surface area contributed by atoms with E-state index >= 15 is 0 Å². The van der Waals surface area contributed by atoms with Gasteiger partial charge in [-0.05, 0) is 62.6 Å². The molecule has 2 rings (SSSR count). The maximum absolute atomic E-state index is 12.7. The summed E-state index contributed by atoms with van der Waals surface area (Å²) in [6, 6.07) is 12.5. The molecule has 0 aliphatic carbocycles. The minimum atomic E-state index is -4.34. The van der Waals surface area contributed by atoms with Gasteiger partial charge in [-0.2, -0.15) is 13.2 Å². The van der Waals surface area contributed by atoms with E-state index in [1.54, 1.807) is 0 Å². The van der Waals surface area contributed by atoms with E-state index in [9.17, 15) is 17.4 Å². The predicted molar refractivity (Wildman–Crippen MR) is 96.3 cm³/mol. The number of hydrogen-bond acceptors (Lipinski definition) is 1.